The van der Waals surface area contributed by atoms with Gasteiger partial charge in [0.2, 0.25) is 5.91 Å². The Hall–Kier alpha value is -1.36. The van der Waals surface area contributed by atoms with Gasteiger partial charge in [0.25, 0.3) is 0 Å². The summed E-state index contributed by atoms with van der Waals surface area (Å²) in [7, 11) is 1.79. The minimum atomic E-state index is -0.682. The molecule has 5 heteroatoms. The van der Waals surface area contributed by atoms with E-state index in [2.05, 4.69) is 16.9 Å². The number of rotatable bonds is 3. The lowest BCUT2D eigenvalue weighted by Gasteiger charge is -2.37. The topological polar surface area (TPSA) is 75.0 Å². The molecule has 2 rings (SSSR count). The first-order chi connectivity index (χ1) is 8.51. The normalized spacial score (nSPS) is 28.1. The molecule has 1 aromatic heterocycles. The van der Waals surface area contributed by atoms with Crippen LogP contribution in [0, 0.1) is 5.92 Å². The zero-order chi connectivity index (χ0) is 13.2. The summed E-state index contributed by atoms with van der Waals surface area (Å²) in [5, 5.41) is 0. The minimum Gasteiger partial charge on any atom is -0.347 e. The van der Waals surface area contributed by atoms with Crippen LogP contribution >= 0.6 is 0 Å². The van der Waals surface area contributed by atoms with Gasteiger partial charge in [0.05, 0.1) is 12.1 Å². The van der Waals surface area contributed by atoms with Crippen LogP contribution in [-0.2, 0) is 11.3 Å². The number of aromatic nitrogens is 2. The van der Waals surface area contributed by atoms with E-state index in [-0.39, 0.29) is 5.91 Å². The van der Waals surface area contributed by atoms with Crippen LogP contribution in [0.25, 0.3) is 0 Å². The number of amides is 1. The Morgan fingerprint density at radius 1 is 1.72 bits per heavy atom. The Labute approximate surface area is 108 Å². The molecule has 1 aliphatic rings. The van der Waals surface area contributed by atoms with E-state index in [0.29, 0.717) is 12.5 Å². The monoisotopic (exact) mass is 250 g/mol. The third-order valence-electron chi connectivity index (χ3n) is 3.75. The van der Waals surface area contributed by atoms with Crippen LogP contribution in [0.5, 0.6) is 0 Å². The predicted octanol–water partition coefficient (Wildman–Crippen LogP) is 1.28. The van der Waals surface area contributed by atoms with Crippen LogP contribution < -0.4 is 5.73 Å². The Morgan fingerprint density at radius 3 is 3.11 bits per heavy atom. The van der Waals surface area contributed by atoms with Crippen LogP contribution in [0.2, 0.25) is 0 Å². The van der Waals surface area contributed by atoms with Gasteiger partial charge < -0.3 is 15.6 Å². The van der Waals surface area contributed by atoms with Crippen LogP contribution in [0.1, 0.15) is 38.4 Å². The molecular formula is C13H22N4O. The predicted molar refractivity (Wildman–Crippen MR) is 69.6 cm³/mol. The van der Waals surface area contributed by atoms with Crippen molar-refractivity contribution in [3.05, 3.63) is 18.2 Å². The molecule has 0 spiro atoms. The van der Waals surface area contributed by atoms with Crippen molar-refractivity contribution in [2.75, 3.05) is 7.05 Å². The van der Waals surface area contributed by atoms with Gasteiger partial charge >= 0.3 is 0 Å². The second kappa shape index (κ2) is 5.10. The number of hydrogen-bond donors (Lipinski definition) is 2. The first-order valence-corrected chi connectivity index (χ1v) is 6.54. The smallest absolute Gasteiger partial charge is 0.242 e. The van der Waals surface area contributed by atoms with Gasteiger partial charge in [-0.05, 0) is 18.8 Å². The number of nitrogens with one attached hydrogen (secondary N) is 1. The standard InChI is InChI=1S/C13H22N4O/c1-10-4-3-5-13(14,8-10)12(18)17(2)9-11-15-6-7-16-11/h6-7,10H,3-5,8-9,14H2,1-2H3,(H,15,16). The SMILES string of the molecule is CC1CCCC(N)(C(=O)N(C)Cc2ncc[nH]2)C1. The van der Waals surface area contributed by atoms with E-state index in [0.717, 1.165) is 25.1 Å². The average molecular weight is 250 g/mol. The van der Waals surface area contributed by atoms with Gasteiger partial charge in [0, 0.05) is 19.4 Å². The van der Waals surface area contributed by atoms with E-state index in [9.17, 15) is 4.79 Å². The molecule has 1 amide bonds. The number of likely N-dealkylation sites (N-methyl/N-ethyl adjacent to an activating group) is 1. The van der Waals surface area contributed by atoms with Crippen molar-refractivity contribution in [1.82, 2.24) is 14.9 Å². The van der Waals surface area contributed by atoms with Gasteiger partial charge in [-0.25, -0.2) is 4.98 Å². The number of hydrogen-bond acceptors (Lipinski definition) is 3. The molecule has 100 valence electrons. The van der Waals surface area contributed by atoms with Crippen LogP contribution in [0.15, 0.2) is 12.4 Å². The molecular weight excluding hydrogens is 228 g/mol. The van der Waals surface area contributed by atoms with Gasteiger partial charge in [-0.1, -0.05) is 19.8 Å². The van der Waals surface area contributed by atoms with Gasteiger partial charge in [-0.2, -0.15) is 0 Å². The van der Waals surface area contributed by atoms with Crippen LogP contribution in [-0.4, -0.2) is 33.4 Å². The third kappa shape index (κ3) is 2.72. The summed E-state index contributed by atoms with van der Waals surface area (Å²) in [6.45, 7) is 2.65. The Morgan fingerprint density at radius 2 is 2.50 bits per heavy atom. The molecule has 0 radical (unpaired) electrons. The van der Waals surface area contributed by atoms with Crippen molar-refractivity contribution in [1.29, 1.82) is 0 Å². The van der Waals surface area contributed by atoms with E-state index >= 15 is 0 Å². The Kier molecular flexibility index (Phi) is 3.71. The molecule has 1 saturated carbocycles. The number of aromatic amines is 1. The first kappa shape index (κ1) is 13.1. The van der Waals surface area contributed by atoms with E-state index in [1.54, 1.807) is 24.3 Å². The highest BCUT2D eigenvalue weighted by molar-refractivity contribution is 5.86. The van der Waals surface area contributed by atoms with E-state index in [4.69, 9.17) is 5.73 Å². The maximum atomic E-state index is 12.5. The molecule has 2 unspecified atom stereocenters. The zero-order valence-electron chi connectivity index (χ0n) is 11.1. The average Bonchev–Trinajstić information content (AvgIpc) is 2.80. The second-order valence-corrected chi connectivity index (χ2v) is 5.55. The molecule has 1 aliphatic carbocycles. The fourth-order valence-electron chi connectivity index (χ4n) is 2.85. The number of carbonyl (C=O) groups excluding carboxylic acids is 1. The number of carbonyl (C=O) groups is 1. The quantitative estimate of drug-likeness (QED) is 0.848. The summed E-state index contributed by atoms with van der Waals surface area (Å²) in [6, 6.07) is 0. The molecule has 0 saturated heterocycles. The lowest BCUT2D eigenvalue weighted by Crippen LogP contribution is -2.56. The van der Waals surface area contributed by atoms with Crippen molar-refractivity contribution in [3.8, 4) is 0 Å². The first-order valence-electron chi connectivity index (χ1n) is 6.54. The Bertz CT molecular complexity index is 403. The summed E-state index contributed by atoms with van der Waals surface area (Å²) in [5.41, 5.74) is 5.62. The highest BCUT2D eigenvalue weighted by Gasteiger charge is 2.39. The molecule has 0 aliphatic heterocycles. The van der Waals surface area contributed by atoms with Crippen LogP contribution in [0.4, 0.5) is 0 Å². The van der Waals surface area contributed by atoms with Crippen molar-refractivity contribution >= 4 is 5.91 Å². The van der Waals surface area contributed by atoms with Crippen molar-refractivity contribution in [3.63, 3.8) is 0 Å². The Balaban J connectivity index is 2.01. The summed E-state index contributed by atoms with van der Waals surface area (Å²) in [6.07, 6.45) is 7.24. The number of H-pyrrole nitrogens is 1. The summed E-state index contributed by atoms with van der Waals surface area (Å²) < 4.78 is 0. The maximum absolute atomic E-state index is 12.5. The van der Waals surface area contributed by atoms with Crippen LogP contribution in [0.3, 0.4) is 0 Å². The van der Waals surface area contributed by atoms with Crippen molar-refractivity contribution in [2.45, 2.75) is 44.7 Å². The molecule has 18 heavy (non-hydrogen) atoms. The summed E-state index contributed by atoms with van der Waals surface area (Å²) >= 11 is 0. The molecule has 0 bridgehead atoms. The molecule has 5 nitrogen and oxygen atoms in total. The minimum absolute atomic E-state index is 0.0328. The fraction of sp³-hybridized carbons (Fsp3) is 0.692. The van der Waals surface area contributed by atoms with Crippen molar-refractivity contribution < 1.29 is 4.79 Å². The summed E-state index contributed by atoms with van der Waals surface area (Å²) in [5.74, 6) is 1.36. The maximum Gasteiger partial charge on any atom is 0.242 e. The number of nitrogens with two attached hydrogens (primary N) is 1. The molecule has 3 N–H and O–H groups in total. The highest BCUT2D eigenvalue weighted by atomic mass is 16.2. The molecule has 0 aromatic carbocycles. The molecule has 1 heterocycles. The van der Waals surface area contributed by atoms with E-state index in [1.165, 1.54) is 6.42 Å². The largest absolute Gasteiger partial charge is 0.347 e. The lowest BCUT2D eigenvalue weighted by atomic mass is 9.76. The highest BCUT2D eigenvalue weighted by Crippen LogP contribution is 2.31. The fourth-order valence-corrected chi connectivity index (χ4v) is 2.85. The van der Waals surface area contributed by atoms with Gasteiger partial charge in [0.15, 0.2) is 0 Å². The lowest BCUT2D eigenvalue weighted by molar-refractivity contribution is -0.138. The molecule has 1 aromatic rings. The van der Waals surface area contributed by atoms with E-state index < -0.39 is 5.54 Å². The molecule has 1 fully saturated rings. The zero-order valence-corrected chi connectivity index (χ0v) is 11.1. The summed E-state index contributed by atoms with van der Waals surface area (Å²) in [4.78, 5) is 21.3. The van der Waals surface area contributed by atoms with Gasteiger partial charge in [-0.15, -0.1) is 0 Å². The molecule has 2 atom stereocenters. The number of imidazole rings is 1. The van der Waals surface area contributed by atoms with E-state index in [1.807, 2.05) is 0 Å². The third-order valence-corrected chi connectivity index (χ3v) is 3.75. The van der Waals surface area contributed by atoms with Crippen molar-refractivity contribution in [2.24, 2.45) is 11.7 Å². The second-order valence-electron chi connectivity index (χ2n) is 5.55. The van der Waals surface area contributed by atoms with Gasteiger partial charge in [-0.3, -0.25) is 4.79 Å². The number of nitrogens with zero attached hydrogens (tertiary/aromatic N) is 2. The van der Waals surface area contributed by atoms with Gasteiger partial charge in [0.1, 0.15) is 5.82 Å².